The Hall–Kier alpha value is -4.05. The van der Waals surface area contributed by atoms with Crippen LogP contribution in [0.15, 0.2) is 60.7 Å². The van der Waals surface area contributed by atoms with E-state index >= 15 is 0 Å². The molecule has 0 heterocycles. The van der Waals surface area contributed by atoms with Crippen LogP contribution in [0.5, 0.6) is 0 Å². The monoisotopic (exact) mass is 524 g/mol. The molecule has 0 saturated heterocycles. The second kappa shape index (κ2) is 15.9. The average Bonchev–Trinajstić information content (AvgIpc) is 2.92. The van der Waals surface area contributed by atoms with Crippen molar-refractivity contribution in [3.05, 3.63) is 71.8 Å². The molecule has 10 heteroatoms. The summed E-state index contributed by atoms with van der Waals surface area (Å²) in [5.41, 5.74) is 12.2. The number of primary amides is 1. The quantitative estimate of drug-likeness (QED) is 0.189. The lowest BCUT2D eigenvalue weighted by atomic mass is 9.90. The van der Waals surface area contributed by atoms with Crippen LogP contribution >= 0.6 is 0 Å². The zero-order chi connectivity index (χ0) is 27.9. The largest absolute Gasteiger partial charge is 0.469 e. The Morgan fingerprint density at radius 2 is 1.47 bits per heavy atom. The third-order valence-electron chi connectivity index (χ3n) is 6.10. The number of esters is 1. The number of hydrogen-bond acceptors (Lipinski definition) is 7. The van der Waals surface area contributed by atoms with Gasteiger partial charge in [0.2, 0.25) is 11.8 Å². The van der Waals surface area contributed by atoms with Gasteiger partial charge in [-0.1, -0.05) is 55.0 Å². The minimum Gasteiger partial charge on any atom is -0.469 e. The standard InChI is InChI=1S/C28H36N4O6/c1-38-25(34)18-23(26(30)35)32-28(37)21(14-8-9-15-29)17-24(33)22(16-19-10-4-2-5-11-19)31-27(36)20-12-6-3-7-13-20/h2-7,10-13,21-23H,8-9,14-18,29H2,1H3,(H2,30,35)(H,31,36)(H,32,37)/t21-,22+,23+/m1/s1. The van der Waals surface area contributed by atoms with Crippen molar-refractivity contribution >= 4 is 29.5 Å². The molecule has 0 unspecified atom stereocenters. The van der Waals surface area contributed by atoms with E-state index in [1.165, 1.54) is 0 Å². The van der Waals surface area contributed by atoms with Crippen molar-refractivity contribution in [2.45, 2.75) is 50.6 Å². The predicted octanol–water partition coefficient (Wildman–Crippen LogP) is 1.27. The molecule has 0 saturated carbocycles. The Morgan fingerprint density at radius 1 is 0.842 bits per heavy atom. The minimum absolute atomic E-state index is 0.188. The number of ketones is 1. The number of Topliss-reactive ketones (excluding diaryl/α,β-unsaturated/α-hetero) is 1. The third-order valence-corrected chi connectivity index (χ3v) is 6.10. The van der Waals surface area contributed by atoms with E-state index < -0.39 is 48.1 Å². The second-order valence-corrected chi connectivity index (χ2v) is 8.98. The SMILES string of the molecule is COC(=O)C[C@H](NC(=O)[C@H](CCCCN)CC(=O)[C@H](Cc1ccccc1)NC(=O)c1ccccc1)C(N)=O. The Bertz CT molecular complexity index is 1080. The molecule has 0 radical (unpaired) electrons. The van der Waals surface area contributed by atoms with Crippen molar-refractivity contribution in [3.63, 3.8) is 0 Å². The molecule has 2 rings (SSSR count). The fraction of sp³-hybridized carbons (Fsp3) is 0.393. The number of ether oxygens (including phenoxy) is 1. The predicted molar refractivity (Wildman–Crippen MR) is 142 cm³/mol. The zero-order valence-electron chi connectivity index (χ0n) is 21.6. The van der Waals surface area contributed by atoms with Crippen molar-refractivity contribution in [1.82, 2.24) is 10.6 Å². The van der Waals surface area contributed by atoms with Crippen LogP contribution in [-0.2, 0) is 30.3 Å². The third kappa shape index (κ3) is 10.1. The second-order valence-electron chi connectivity index (χ2n) is 8.98. The highest BCUT2D eigenvalue weighted by Gasteiger charge is 2.30. The number of nitrogens with one attached hydrogen (secondary N) is 2. The highest BCUT2D eigenvalue weighted by Crippen LogP contribution is 2.17. The Morgan fingerprint density at radius 3 is 2.05 bits per heavy atom. The summed E-state index contributed by atoms with van der Waals surface area (Å²) in [6.45, 7) is 0.415. The molecule has 0 bridgehead atoms. The van der Waals surface area contributed by atoms with Gasteiger partial charge in [0.15, 0.2) is 5.78 Å². The number of unbranched alkanes of at least 4 members (excludes halogenated alkanes) is 1. The highest BCUT2D eigenvalue weighted by molar-refractivity contribution is 5.99. The van der Waals surface area contributed by atoms with Crippen molar-refractivity contribution in [2.24, 2.45) is 17.4 Å². The molecule has 0 aliphatic rings. The van der Waals surface area contributed by atoms with Crippen LogP contribution in [0.2, 0.25) is 0 Å². The fourth-order valence-electron chi connectivity index (χ4n) is 3.93. The van der Waals surface area contributed by atoms with E-state index in [1.807, 2.05) is 30.3 Å². The molecule has 204 valence electrons. The van der Waals surface area contributed by atoms with Gasteiger partial charge in [0.05, 0.1) is 19.6 Å². The normalized spacial score (nSPS) is 13.0. The fourth-order valence-corrected chi connectivity index (χ4v) is 3.93. The van der Waals surface area contributed by atoms with Crippen LogP contribution in [0.3, 0.4) is 0 Å². The lowest BCUT2D eigenvalue weighted by molar-refractivity contribution is -0.143. The van der Waals surface area contributed by atoms with Gasteiger partial charge in [0.1, 0.15) is 6.04 Å². The number of benzene rings is 2. The molecule has 3 atom stereocenters. The van der Waals surface area contributed by atoms with Crippen molar-refractivity contribution in [3.8, 4) is 0 Å². The molecule has 0 aliphatic carbocycles. The van der Waals surface area contributed by atoms with Crippen LogP contribution < -0.4 is 22.1 Å². The highest BCUT2D eigenvalue weighted by atomic mass is 16.5. The minimum atomic E-state index is -1.28. The van der Waals surface area contributed by atoms with Crippen LogP contribution in [-0.4, -0.2) is 55.2 Å². The summed E-state index contributed by atoms with van der Waals surface area (Å²) < 4.78 is 4.57. The number of methoxy groups -OCH3 is 1. The van der Waals surface area contributed by atoms with E-state index in [1.54, 1.807) is 30.3 Å². The Balaban J connectivity index is 2.23. The first kappa shape index (κ1) is 30.2. The van der Waals surface area contributed by atoms with Crippen LogP contribution in [0.4, 0.5) is 0 Å². The average molecular weight is 525 g/mol. The summed E-state index contributed by atoms with van der Waals surface area (Å²) in [4.78, 5) is 63.0. The maximum Gasteiger partial charge on any atom is 0.308 e. The number of hydrogen-bond donors (Lipinski definition) is 4. The first-order valence-corrected chi connectivity index (χ1v) is 12.5. The first-order valence-electron chi connectivity index (χ1n) is 12.5. The van der Waals surface area contributed by atoms with Gasteiger partial charge in [0, 0.05) is 17.9 Å². The molecule has 0 fully saturated rings. The molecule has 3 amide bonds. The van der Waals surface area contributed by atoms with E-state index in [-0.39, 0.29) is 18.6 Å². The number of rotatable bonds is 16. The van der Waals surface area contributed by atoms with Crippen LogP contribution in [0, 0.1) is 5.92 Å². The lowest BCUT2D eigenvalue weighted by Gasteiger charge is -2.23. The van der Waals surface area contributed by atoms with Gasteiger partial charge in [-0.3, -0.25) is 24.0 Å². The van der Waals surface area contributed by atoms with Crippen LogP contribution in [0.1, 0.15) is 48.0 Å². The Labute approximate surface area is 222 Å². The maximum atomic E-state index is 13.5. The summed E-state index contributed by atoms with van der Waals surface area (Å²) in [6.07, 6.45) is 1.15. The maximum absolute atomic E-state index is 13.5. The van der Waals surface area contributed by atoms with Gasteiger partial charge in [-0.15, -0.1) is 0 Å². The smallest absolute Gasteiger partial charge is 0.308 e. The number of nitrogens with two attached hydrogens (primary N) is 2. The molecule has 0 aromatic heterocycles. The van der Waals surface area contributed by atoms with Crippen LogP contribution in [0.25, 0.3) is 0 Å². The van der Waals surface area contributed by atoms with E-state index in [4.69, 9.17) is 11.5 Å². The van der Waals surface area contributed by atoms with Gasteiger partial charge < -0.3 is 26.8 Å². The molecule has 0 spiro atoms. The number of carbonyl (C=O) groups is 5. The molecule has 0 aliphatic heterocycles. The molecular weight excluding hydrogens is 488 g/mol. The zero-order valence-corrected chi connectivity index (χ0v) is 21.6. The summed E-state index contributed by atoms with van der Waals surface area (Å²) in [6, 6.07) is 15.6. The van der Waals surface area contributed by atoms with Crippen molar-refractivity contribution in [1.29, 1.82) is 0 Å². The molecule has 2 aromatic carbocycles. The summed E-state index contributed by atoms with van der Waals surface area (Å²) in [7, 11) is 1.16. The Kier molecular flexibility index (Phi) is 12.7. The topological polar surface area (TPSA) is 171 Å². The number of amides is 3. The molecule has 2 aromatic rings. The van der Waals surface area contributed by atoms with Gasteiger partial charge in [-0.25, -0.2) is 0 Å². The van der Waals surface area contributed by atoms with Gasteiger partial charge in [-0.2, -0.15) is 0 Å². The van der Waals surface area contributed by atoms with Gasteiger partial charge in [-0.05, 0) is 43.5 Å². The molecule has 6 N–H and O–H groups in total. The number of carbonyl (C=O) groups excluding carboxylic acids is 5. The van der Waals surface area contributed by atoms with E-state index in [9.17, 15) is 24.0 Å². The first-order chi connectivity index (χ1) is 18.2. The van der Waals surface area contributed by atoms with Gasteiger partial charge in [0.25, 0.3) is 5.91 Å². The summed E-state index contributed by atoms with van der Waals surface area (Å²) >= 11 is 0. The summed E-state index contributed by atoms with van der Waals surface area (Å²) in [5, 5.41) is 5.29. The van der Waals surface area contributed by atoms with E-state index in [0.717, 1.165) is 12.7 Å². The van der Waals surface area contributed by atoms with E-state index in [0.29, 0.717) is 31.4 Å². The molecular formula is C28H36N4O6. The lowest BCUT2D eigenvalue weighted by Crippen LogP contribution is -2.49. The van der Waals surface area contributed by atoms with Crippen molar-refractivity contribution < 1.29 is 28.7 Å². The van der Waals surface area contributed by atoms with Gasteiger partial charge >= 0.3 is 5.97 Å². The summed E-state index contributed by atoms with van der Waals surface area (Å²) in [5.74, 6) is -3.76. The molecule has 10 nitrogen and oxygen atoms in total. The van der Waals surface area contributed by atoms with Crippen molar-refractivity contribution in [2.75, 3.05) is 13.7 Å². The molecule has 38 heavy (non-hydrogen) atoms. The van der Waals surface area contributed by atoms with E-state index in [2.05, 4.69) is 15.4 Å².